The van der Waals surface area contributed by atoms with Crippen LogP contribution in [0.25, 0.3) is 0 Å². The van der Waals surface area contributed by atoms with Crippen LogP contribution in [-0.2, 0) is 4.74 Å². The Bertz CT molecular complexity index is 236. The maximum absolute atomic E-state index is 5.45. The van der Waals surface area contributed by atoms with Gasteiger partial charge in [-0.25, -0.2) is 0 Å². The Kier molecular flexibility index (Phi) is 6.04. The van der Waals surface area contributed by atoms with Crippen molar-refractivity contribution in [3.05, 3.63) is 18.0 Å². The van der Waals surface area contributed by atoms with Crippen molar-refractivity contribution in [1.29, 1.82) is 0 Å². The van der Waals surface area contributed by atoms with E-state index in [2.05, 4.69) is 29.4 Å². The third-order valence-electron chi connectivity index (χ3n) is 2.33. The number of unbranched alkanes of at least 4 members (excludes halogenated alkanes) is 1. The summed E-state index contributed by atoms with van der Waals surface area (Å²) in [7, 11) is 0. The number of rotatable bonds is 8. The maximum atomic E-state index is 5.45. The molecule has 1 atom stereocenters. The molecule has 0 fully saturated rings. The molecule has 2 N–H and O–H groups in total. The molecule has 1 rings (SSSR count). The molecule has 0 saturated heterocycles. The van der Waals surface area contributed by atoms with E-state index >= 15 is 0 Å². The van der Waals surface area contributed by atoms with E-state index in [-0.39, 0.29) is 0 Å². The second kappa shape index (κ2) is 7.43. The number of aromatic nitrogens is 2. The minimum Gasteiger partial charge on any atom is -0.380 e. The minimum atomic E-state index is 0.308. The molecule has 1 aromatic rings. The first-order chi connectivity index (χ1) is 7.34. The van der Waals surface area contributed by atoms with Crippen LogP contribution in [0.4, 0.5) is 0 Å². The highest BCUT2D eigenvalue weighted by Crippen LogP contribution is 2.06. The Morgan fingerprint density at radius 1 is 1.53 bits per heavy atom. The summed E-state index contributed by atoms with van der Waals surface area (Å²) in [6.45, 7) is 6.81. The van der Waals surface area contributed by atoms with E-state index in [1.807, 2.05) is 6.07 Å². The summed E-state index contributed by atoms with van der Waals surface area (Å²) in [6, 6.07) is 2.29. The Labute approximate surface area is 91.4 Å². The van der Waals surface area contributed by atoms with Crippen LogP contribution in [0.3, 0.4) is 0 Å². The molecule has 0 amide bonds. The van der Waals surface area contributed by atoms with Crippen LogP contribution in [0.1, 0.15) is 38.4 Å². The summed E-state index contributed by atoms with van der Waals surface area (Å²) in [5.41, 5.74) is 1.11. The van der Waals surface area contributed by atoms with Crippen LogP contribution in [0.5, 0.6) is 0 Å². The third kappa shape index (κ3) is 4.95. The van der Waals surface area contributed by atoms with E-state index in [1.165, 1.54) is 6.42 Å². The van der Waals surface area contributed by atoms with Gasteiger partial charge in [0.05, 0.1) is 12.3 Å². The van der Waals surface area contributed by atoms with Crippen LogP contribution in [0.2, 0.25) is 0 Å². The fourth-order valence-electron chi connectivity index (χ4n) is 1.31. The summed E-state index contributed by atoms with van der Waals surface area (Å²) < 4.78 is 5.45. The molecule has 86 valence electrons. The van der Waals surface area contributed by atoms with E-state index in [0.717, 1.165) is 31.9 Å². The Balaban J connectivity index is 2.00. The van der Waals surface area contributed by atoms with Gasteiger partial charge in [0.15, 0.2) is 0 Å². The summed E-state index contributed by atoms with van der Waals surface area (Å²) in [5, 5.41) is 10.2. The number of ether oxygens (including phenoxy) is 1. The van der Waals surface area contributed by atoms with E-state index in [9.17, 15) is 0 Å². The van der Waals surface area contributed by atoms with E-state index in [0.29, 0.717) is 6.04 Å². The first-order valence-corrected chi connectivity index (χ1v) is 5.65. The van der Waals surface area contributed by atoms with Crippen molar-refractivity contribution in [1.82, 2.24) is 15.5 Å². The molecule has 1 unspecified atom stereocenters. The van der Waals surface area contributed by atoms with Gasteiger partial charge in [0, 0.05) is 25.4 Å². The lowest BCUT2D eigenvalue weighted by atomic mass is 10.2. The molecule has 1 heterocycles. The van der Waals surface area contributed by atoms with E-state index < -0.39 is 0 Å². The molecule has 0 aliphatic rings. The number of nitrogens with zero attached hydrogens (tertiary/aromatic N) is 1. The lowest BCUT2D eigenvalue weighted by Gasteiger charge is -2.11. The van der Waals surface area contributed by atoms with Crippen molar-refractivity contribution < 1.29 is 4.74 Å². The van der Waals surface area contributed by atoms with Crippen molar-refractivity contribution in [3.63, 3.8) is 0 Å². The lowest BCUT2D eigenvalue weighted by Crippen LogP contribution is -2.23. The molecule has 0 aromatic carbocycles. The molecule has 0 aliphatic carbocycles. The van der Waals surface area contributed by atoms with Crippen LogP contribution < -0.4 is 5.32 Å². The molecule has 0 bridgehead atoms. The molecule has 1 aromatic heterocycles. The predicted molar refractivity (Wildman–Crippen MR) is 60.7 cm³/mol. The van der Waals surface area contributed by atoms with Gasteiger partial charge in [-0.1, -0.05) is 13.3 Å². The summed E-state index contributed by atoms with van der Waals surface area (Å²) >= 11 is 0. The van der Waals surface area contributed by atoms with Crippen molar-refractivity contribution in [2.45, 2.75) is 32.7 Å². The average molecular weight is 211 g/mol. The summed E-state index contributed by atoms with van der Waals surface area (Å²) in [5.74, 6) is 0. The number of aromatic amines is 1. The quantitative estimate of drug-likeness (QED) is 0.645. The highest BCUT2D eigenvalue weighted by atomic mass is 16.5. The Hall–Kier alpha value is -0.870. The van der Waals surface area contributed by atoms with Crippen molar-refractivity contribution in [2.75, 3.05) is 19.8 Å². The van der Waals surface area contributed by atoms with Gasteiger partial charge in [-0.2, -0.15) is 5.10 Å². The fraction of sp³-hybridized carbons (Fsp3) is 0.727. The van der Waals surface area contributed by atoms with Crippen LogP contribution in [0.15, 0.2) is 12.3 Å². The summed E-state index contributed by atoms with van der Waals surface area (Å²) in [4.78, 5) is 0. The molecule has 0 aliphatic heterocycles. The predicted octanol–water partition coefficient (Wildman–Crippen LogP) is 1.88. The standard InChI is InChI=1S/C11H21N3O/c1-3-4-8-15-9-7-12-10(2)11-5-6-13-14-11/h5-6,10,12H,3-4,7-9H2,1-2H3,(H,13,14). The van der Waals surface area contributed by atoms with Gasteiger partial charge in [0.2, 0.25) is 0 Å². The zero-order valence-electron chi connectivity index (χ0n) is 9.62. The zero-order valence-corrected chi connectivity index (χ0v) is 9.62. The minimum absolute atomic E-state index is 0.308. The third-order valence-corrected chi connectivity index (χ3v) is 2.33. The van der Waals surface area contributed by atoms with Gasteiger partial charge in [0.1, 0.15) is 0 Å². The molecular formula is C11H21N3O. The number of hydrogen-bond donors (Lipinski definition) is 2. The molecule has 4 heteroatoms. The van der Waals surface area contributed by atoms with Gasteiger partial charge in [-0.05, 0) is 19.4 Å². The number of H-pyrrole nitrogens is 1. The van der Waals surface area contributed by atoms with Gasteiger partial charge in [0.25, 0.3) is 0 Å². The van der Waals surface area contributed by atoms with Gasteiger partial charge in [-0.15, -0.1) is 0 Å². The SMILES string of the molecule is CCCCOCCNC(C)c1ccn[nH]1. The van der Waals surface area contributed by atoms with Crippen LogP contribution in [-0.4, -0.2) is 30.0 Å². The first-order valence-electron chi connectivity index (χ1n) is 5.65. The second-order valence-corrected chi connectivity index (χ2v) is 3.65. The largest absolute Gasteiger partial charge is 0.380 e. The molecule has 15 heavy (non-hydrogen) atoms. The van der Waals surface area contributed by atoms with E-state index in [1.54, 1.807) is 6.20 Å². The molecule has 0 spiro atoms. The number of hydrogen-bond acceptors (Lipinski definition) is 3. The van der Waals surface area contributed by atoms with Gasteiger partial charge >= 0.3 is 0 Å². The smallest absolute Gasteiger partial charge is 0.0591 e. The first kappa shape index (κ1) is 12.2. The molecule has 0 saturated carbocycles. The van der Waals surface area contributed by atoms with Gasteiger partial charge < -0.3 is 10.1 Å². The highest BCUT2D eigenvalue weighted by Gasteiger charge is 2.04. The van der Waals surface area contributed by atoms with Crippen molar-refractivity contribution in [2.24, 2.45) is 0 Å². The topological polar surface area (TPSA) is 49.9 Å². The second-order valence-electron chi connectivity index (χ2n) is 3.65. The molecular weight excluding hydrogens is 190 g/mol. The lowest BCUT2D eigenvalue weighted by molar-refractivity contribution is 0.131. The molecule has 0 radical (unpaired) electrons. The van der Waals surface area contributed by atoms with Crippen LogP contribution in [0, 0.1) is 0 Å². The van der Waals surface area contributed by atoms with Gasteiger partial charge in [-0.3, -0.25) is 5.10 Å². The summed E-state index contributed by atoms with van der Waals surface area (Å²) in [6.07, 6.45) is 4.11. The monoisotopic (exact) mass is 211 g/mol. The maximum Gasteiger partial charge on any atom is 0.0591 e. The Morgan fingerprint density at radius 3 is 3.07 bits per heavy atom. The Morgan fingerprint density at radius 2 is 2.40 bits per heavy atom. The average Bonchev–Trinajstić information content (AvgIpc) is 2.76. The fourth-order valence-corrected chi connectivity index (χ4v) is 1.31. The van der Waals surface area contributed by atoms with E-state index in [4.69, 9.17) is 4.74 Å². The van der Waals surface area contributed by atoms with Crippen molar-refractivity contribution in [3.8, 4) is 0 Å². The zero-order chi connectivity index (χ0) is 10.9. The highest BCUT2D eigenvalue weighted by molar-refractivity contribution is 5.02. The molecule has 4 nitrogen and oxygen atoms in total. The van der Waals surface area contributed by atoms with Crippen molar-refractivity contribution >= 4 is 0 Å². The number of nitrogens with one attached hydrogen (secondary N) is 2. The van der Waals surface area contributed by atoms with Crippen LogP contribution >= 0.6 is 0 Å². The normalized spacial score (nSPS) is 12.9.